The lowest BCUT2D eigenvalue weighted by molar-refractivity contribution is -0.120. The first-order chi connectivity index (χ1) is 8.13. The Morgan fingerprint density at radius 1 is 1.41 bits per heavy atom. The zero-order valence-corrected chi connectivity index (χ0v) is 10.0. The molecule has 0 aliphatic heterocycles. The number of rotatable bonds is 6. The Hall–Kier alpha value is -1.75. The van der Waals surface area contributed by atoms with Crippen molar-refractivity contribution in [3.8, 4) is 0 Å². The molecule has 94 valence electrons. The van der Waals surface area contributed by atoms with Crippen LogP contribution in [0, 0.1) is 0 Å². The van der Waals surface area contributed by atoms with Crippen molar-refractivity contribution in [1.29, 1.82) is 0 Å². The third-order valence-electron chi connectivity index (χ3n) is 2.37. The molecule has 0 aromatic heterocycles. The number of ether oxygens (including phenoxy) is 1. The van der Waals surface area contributed by atoms with E-state index in [9.17, 15) is 4.79 Å². The van der Waals surface area contributed by atoms with E-state index >= 15 is 0 Å². The van der Waals surface area contributed by atoms with Crippen LogP contribution in [0.5, 0.6) is 0 Å². The fraction of sp³-hybridized carbons (Fsp3) is 0.417. The van der Waals surface area contributed by atoms with Crippen LogP contribution in [-0.2, 0) is 16.0 Å². The second-order valence-corrected chi connectivity index (χ2v) is 3.83. The zero-order valence-electron chi connectivity index (χ0n) is 10.0. The number of carbonyl (C=O) groups excluding carboxylic acids is 1. The van der Waals surface area contributed by atoms with Crippen LogP contribution in [0.3, 0.4) is 0 Å². The summed E-state index contributed by atoms with van der Waals surface area (Å²) < 4.78 is 4.89. The maximum atomic E-state index is 11.6. The van der Waals surface area contributed by atoms with Crippen LogP contribution in [0.15, 0.2) is 18.2 Å². The molecule has 0 heterocycles. The normalized spacial score (nSPS) is 10.2. The van der Waals surface area contributed by atoms with Crippen molar-refractivity contribution in [3.63, 3.8) is 0 Å². The molecule has 0 spiro atoms. The Labute approximate surface area is 101 Å². The average Bonchev–Trinajstić information content (AvgIpc) is 2.28. The summed E-state index contributed by atoms with van der Waals surface area (Å²) >= 11 is 0. The molecular formula is C12H19N3O2. The molecule has 1 rings (SSSR count). The van der Waals surface area contributed by atoms with E-state index in [0.29, 0.717) is 24.5 Å². The number of methoxy groups -OCH3 is 1. The van der Waals surface area contributed by atoms with E-state index in [-0.39, 0.29) is 12.3 Å². The molecule has 1 aromatic rings. The summed E-state index contributed by atoms with van der Waals surface area (Å²) in [5.74, 6) is -0.0439. The van der Waals surface area contributed by atoms with Gasteiger partial charge in [0.2, 0.25) is 5.91 Å². The first kappa shape index (κ1) is 13.3. The first-order valence-electron chi connectivity index (χ1n) is 5.53. The van der Waals surface area contributed by atoms with Crippen molar-refractivity contribution in [3.05, 3.63) is 23.8 Å². The molecule has 0 radical (unpaired) electrons. The summed E-state index contributed by atoms with van der Waals surface area (Å²) in [6.07, 6.45) is 1.08. The van der Waals surface area contributed by atoms with Gasteiger partial charge in [-0.1, -0.05) is 6.07 Å². The smallest absolute Gasteiger partial charge is 0.224 e. The van der Waals surface area contributed by atoms with E-state index in [2.05, 4.69) is 5.32 Å². The number of anilines is 2. The predicted molar refractivity (Wildman–Crippen MR) is 68.5 cm³/mol. The van der Waals surface area contributed by atoms with Gasteiger partial charge in [-0.15, -0.1) is 0 Å². The maximum Gasteiger partial charge on any atom is 0.224 e. The Morgan fingerprint density at radius 2 is 2.18 bits per heavy atom. The number of nitrogen functional groups attached to an aromatic ring is 2. The van der Waals surface area contributed by atoms with Gasteiger partial charge >= 0.3 is 0 Å². The van der Waals surface area contributed by atoms with E-state index in [1.165, 1.54) is 0 Å². The fourth-order valence-electron chi connectivity index (χ4n) is 1.45. The molecule has 1 aromatic carbocycles. The van der Waals surface area contributed by atoms with Crippen LogP contribution in [0.1, 0.15) is 12.0 Å². The predicted octanol–water partition coefficient (Wildman–Crippen LogP) is 0.546. The molecule has 0 atom stereocenters. The van der Waals surface area contributed by atoms with Gasteiger partial charge in [0.25, 0.3) is 0 Å². The van der Waals surface area contributed by atoms with Gasteiger partial charge in [-0.3, -0.25) is 4.79 Å². The average molecular weight is 237 g/mol. The molecule has 0 fully saturated rings. The van der Waals surface area contributed by atoms with Crippen LogP contribution in [0.2, 0.25) is 0 Å². The van der Waals surface area contributed by atoms with Gasteiger partial charge in [0.15, 0.2) is 0 Å². The molecule has 0 bridgehead atoms. The Kier molecular flexibility index (Phi) is 5.29. The largest absolute Gasteiger partial charge is 0.399 e. The molecule has 5 heteroatoms. The van der Waals surface area contributed by atoms with Gasteiger partial charge in [-0.2, -0.15) is 0 Å². The monoisotopic (exact) mass is 237 g/mol. The number of carbonyl (C=O) groups is 1. The van der Waals surface area contributed by atoms with E-state index in [1.807, 2.05) is 0 Å². The summed E-state index contributed by atoms with van der Waals surface area (Å²) in [6.45, 7) is 1.26. The highest BCUT2D eigenvalue weighted by Gasteiger charge is 2.06. The van der Waals surface area contributed by atoms with Crippen molar-refractivity contribution in [2.45, 2.75) is 12.8 Å². The lowest BCUT2D eigenvalue weighted by atomic mass is 10.1. The molecule has 5 nitrogen and oxygen atoms in total. The van der Waals surface area contributed by atoms with E-state index < -0.39 is 0 Å². The van der Waals surface area contributed by atoms with Gasteiger partial charge in [-0.05, 0) is 24.1 Å². The minimum Gasteiger partial charge on any atom is -0.399 e. The minimum absolute atomic E-state index is 0.0439. The number of hydrogen-bond acceptors (Lipinski definition) is 4. The van der Waals surface area contributed by atoms with Gasteiger partial charge in [0, 0.05) is 31.6 Å². The molecule has 5 N–H and O–H groups in total. The van der Waals surface area contributed by atoms with Gasteiger partial charge < -0.3 is 21.5 Å². The van der Waals surface area contributed by atoms with Crippen molar-refractivity contribution in [1.82, 2.24) is 5.32 Å². The Morgan fingerprint density at radius 3 is 2.82 bits per heavy atom. The second-order valence-electron chi connectivity index (χ2n) is 3.83. The number of nitrogens with two attached hydrogens (primary N) is 2. The number of amides is 1. The second kappa shape index (κ2) is 6.75. The van der Waals surface area contributed by atoms with Crippen molar-refractivity contribution < 1.29 is 9.53 Å². The summed E-state index contributed by atoms with van der Waals surface area (Å²) in [4.78, 5) is 11.6. The molecule has 0 saturated heterocycles. The van der Waals surface area contributed by atoms with Crippen LogP contribution in [0.25, 0.3) is 0 Å². The van der Waals surface area contributed by atoms with E-state index in [4.69, 9.17) is 16.2 Å². The third-order valence-corrected chi connectivity index (χ3v) is 2.37. The lowest BCUT2D eigenvalue weighted by Gasteiger charge is -2.07. The van der Waals surface area contributed by atoms with Crippen molar-refractivity contribution in [2.24, 2.45) is 0 Å². The topological polar surface area (TPSA) is 90.4 Å². The Balaban J connectivity index is 2.40. The van der Waals surface area contributed by atoms with Crippen molar-refractivity contribution in [2.75, 3.05) is 31.7 Å². The summed E-state index contributed by atoms with van der Waals surface area (Å²) in [5, 5.41) is 2.80. The molecule has 0 aliphatic rings. The number of nitrogens with one attached hydrogen (secondary N) is 1. The van der Waals surface area contributed by atoms with Crippen LogP contribution < -0.4 is 16.8 Å². The fourth-order valence-corrected chi connectivity index (χ4v) is 1.45. The zero-order chi connectivity index (χ0) is 12.7. The quantitative estimate of drug-likeness (QED) is 0.497. The first-order valence-corrected chi connectivity index (χ1v) is 5.53. The molecule has 0 aliphatic carbocycles. The summed E-state index contributed by atoms with van der Waals surface area (Å²) in [6, 6.07) is 5.18. The highest BCUT2D eigenvalue weighted by Crippen LogP contribution is 2.15. The molecule has 1 amide bonds. The standard InChI is InChI=1S/C12H19N3O2/c1-17-6-2-5-15-12(16)7-9-3-4-10(13)8-11(9)14/h3-4,8H,2,5-7,13-14H2,1H3,(H,15,16). The summed E-state index contributed by atoms with van der Waals surface area (Å²) in [5.41, 5.74) is 13.3. The Bertz CT molecular complexity index is 380. The minimum atomic E-state index is -0.0439. The molecular weight excluding hydrogens is 218 g/mol. The lowest BCUT2D eigenvalue weighted by Crippen LogP contribution is -2.27. The van der Waals surface area contributed by atoms with Gasteiger partial charge in [-0.25, -0.2) is 0 Å². The third kappa shape index (κ3) is 4.74. The number of benzene rings is 1. The van der Waals surface area contributed by atoms with Crippen molar-refractivity contribution >= 4 is 17.3 Å². The van der Waals surface area contributed by atoms with E-state index in [0.717, 1.165) is 12.0 Å². The highest BCUT2D eigenvalue weighted by atomic mass is 16.5. The highest BCUT2D eigenvalue weighted by molar-refractivity contribution is 5.80. The SMILES string of the molecule is COCCCNC(=O)Cc1ccc(N)cc1N. The maximum absolute atomic E-state index is 11.6. The van der Waals surface area contributed by atoms with Crippen LogP contribution >= 0.6 is 0 Å². The van der Waals surface area contributed by atoms with Gasteiger partial charge in [0.05, 0.1) is 6.42 Å². The van der Waals surface area contributed by atoms with Crippen LogP contribution in [-0.4, -0.2) is 26.2 Å². The van der Waals surface area contributed by atoms with Gasteiger partial charge in [0.1, 0.15) is 0 Å². The molecule has 0 unspecified atom stereocenters. The molecule has 17 heavy (non-hydrogen) atoms. The van der Waals surface area contributed by atoms with Crippen LogP contribution in [0.4, 0.5) is 11.4 Å². The molecule has 0 saturated carbocycles. The number of hydrogen-bond donors (Lipinski definition) is 3. The summed E-state index contributed by atoms with van der Waals surface area (Å²) in [7, 11) is 1.64. The van der Waals surface area contributed by atoms with E-state index in [1.54, 1.807) is 25.3 Å².